The van der Waals surface area contributed by atoms with Crippen molar-refractivity contribution < 1.29 is 10.2 Å². The normalized spacial score (nSPS) is 14.9. The Kier molecular flexibility index (Phi) is 7.46. The SMILES string of the molecule is CCN(CC)CC(O)CNCC(O)c1ccsc1. The number of aliphatic hydroxyl groups excluding tert-OH is 2. The molecule has 4 nitrogen and oxygen atoms in total. The van der Waals surface area contributed by atoms with Crippen molar-refractivity contribution in [2.45, 2.75) is 26.1 Å². The Bertz CT molecular complexity index is 302. The maximum absolute atomic E-state index is 9.85. The van der Waals surface area contributed by atoms with Crippen LogP contribution in [-0.2, 0) is 0 Å². The van der Waals surface area contributed by atoms with Gasteiger partial charge in [-0.2, -0.15) is 11.3 Å². The third kappa shape index (κ3) is 5.46. The molecule has 0 spiro atoms. The zero-order valence-electron chi connectivity index (χ0n) is 11.2. The molecule has 1 heterocycles. The van der Waals surface area contributed by atoms with Crippen LogP contribution in [0.4, 0.5) is 0 Å². The van der Waals surface area contributed by atoms with E-state index in [1.807, 2.05) is 16.8 Å². The third-order valence-electron chi connectivity index (χ3n) is 3.01. The first-order valence-electron chi connectivity index (χ1n) is 6.48. The van der Waals surface area contributed by atoms with Crippen molar-refractivity contribution in [2.24, 2.45) is 0 Å². The van der Waals surface area contributed by atoms with Gasteiger partial charge in [0.05, 0.1) is 12.2 Å². The van der Waals surface area contributed by atoms with Crippen molar-refractivity contribution in [3.63, 3.8) is 0 Å². The molecule has 1 aromatic rings. The summed E-state index contributed by atoms with van der Waals surface area (Å²) in [6.45, 7) is 7.74. The first kappa shape index (κ1) is 15.6. The first-order valence-corrected chi connectivity index (χ1v) is 7.42. The second-order valence-electron chi connectivity index (χ2n) is 4.37. The summed E-state index contributed by atoms with van der Waals surface area (Å²) in [7, 11) is 0. The van der Waals surface area contributed by atoms with E-state index in [9.17, 15) is 10.2 Å². The summed E-state index contributed by atoms with van der Waals surface area (Å²) in [5, 5.41) is 26.7. The van der Waals surface area contributed by atoms with Gasteiger partial charge in [-0.3, -0.25) is 0 Å². The van der Waals surface area contributed by atoms with E-state index in [1.165, 1.54) is 0 Å². The predicted molar refractivity (Wildman–Crippen MR) is 75.9 cm³/mol. The lowest BCUT2D eigenvalue weighted by Crippen LogP contribution is -2.39. The summed E-state index contributed by atoms with van der Waals surface area (Å²) in [6.07, 6.45) is -0.878. The number of aliphatic hydroxyl groups is 2. The van der Waals surface area contributed by atoms with Crippen molar-refractivity contribution in [3.05, 3.63) is 22.4 Å². The zero-order valence-corrected chi connectivity index (χ0v) is 12.0. The highest BCUT2D eigenvalue weighted by Gasteiger charge is 2.11. The van der Waals surface area contributed by atoms with Crippen molar-refractivity contribution in [3.8, 4) is 0 Å². The number of thiophene rings is 1. The van der Waals surface area contributed by atoms with E-state index in [4.69, 9.17) is 0 Å². The van der Waals surface area contributed by atoms with E-state index in [0.717, 1.165) is 18.7 Å². The van der Waals surface area contributed by atoms with Gasteiger partial charge in [0.2, 0.25) is 0 Å². The monoisotopic (exact) mass is 272 g/mol. The molecule has 18 heavy (non-hydrogen) atoms. The third-order valence-corrected chi connectivity index (χ3v) is 3.71. The van der Waals surface area contributed by atoms with Crippen molar-refractivity contribution in [1.82, 2.24) is 10.2 Å². The van der Waals surface area contributed by atoms with Gasteiger partial charge in [-0.1, -0.05) is 13.8 Å². The van der Waals surface area contributed by atoms with E-state index in [0.29, 0.717) is 19.6 Å². The molecule has 0 saturated carbocycles. The number of nitrogens with one attached hydrogen (secondary N) is 1. The molecular formula is C13H24N2O2S. The van der Waals surface area contributed by atoms with Gasteiger partial charge in [-0.25, -0.2) is 0 Å². The predicted octanol–water partition coefficient (Wildman–Crippen LogP) is 1.07. The molecule has 1 aromatic heterocycles. The Morgan fingerprint density at radius 3 is 2.56 bits per heavy atom. The van der Waals surface area contributed by atoms with Crippen molar-refractivity contribution in [1.29, 1.82) is 0 Å². The highest BCUT2D eigenvalue weighted by Crippen LogP contribution is 2.14. The molecular weight excluding hydrogens is 248 g/mol. The smallest absolute Gasteiger partial charge is 0.0922 e. The fraction of sp³-hybridized carbons (Fsp3) is 0.692. The molecule has 0 amide bonds. The van der Waals surface area contributed by atoms with Crippen LogP contribution in [0.1, 0.15) is 25.5 Å². The Morgan fingerprint density at radius 2 is 2.00 bits per heavy atom. The van der Waals surface area contributed by atoms with E-state index < -0.39 is 6.10 Å². The van der Waals surface area contributed by atoms with Crippen LogP contribution in [0, 0.1) is 0 Å². The van der Waals surface area contributed by atoms with Gasteiger partial charge < -0.3 is 20.4 Å². The van der Waals surface area contributed by atoms with E-state index in [1.54, 1.807) is 11.3 Å². The molecule has 0 aliphatic carbocycles. The van der Waals surface area contributed by atoms with Crippen LogP contribution < -0.4 is 5.32 Å². The summed E-state index contributed by atoms with van der Waals surface area (Å²) in [6, 6.07) is 1.92. The molecule has 0 aliphatic rings. The molecule has 0 aromatic carbocycles. The molecule has 2 unspecified atom stereocenters. The lowest BCUT2D eigenvalue weighted by Gasteiger charge is -2.22. The van der Waals surface area contributed by atoms with Gasteiger partial charge in [0.15, 0.2) is 0 Å². The number of rotatable bonds is 9. The summed E-state index contributed by atoms with van der Waals surface area (Å²) in [5.41, 5.74) is 0.936. The molecule has 0 fully saturated rings. The minimum atomic E-state index is -0.489. The van der Waals surface area contributed by atoms with Crippen LogP contribution in [-0.4, -0.2) is 53.9 Å². The zero-order chi connectivity index (χ0) is 13.4. The topological polar surface area (TPSA) is 55.7 Å². The Hall–Kier alpha value is -0.460. The molecule has 0 saturated heterocycles. The molecule has 3 N–H and O–H groups in total. The van der Waals surface area contributed by atoms with Gasteiger partial charge in [-0.05, 0) is 35.5 Å². The van der Waals surface area contributed by atoms with Gasteiger partial charge in [0.25, 0.3) is 0 Å². The molecule has 0 radical (unpaired) electrons. The van der Waals surface area contributed by atoms with Crippen LogP contribution in [0.3, 0.4) is 0 Å². The van der Waals surface area contributed by atoms with Gasteiger partial charge >= 0.3 is 0 Å². The molecule has 5 heteroatoms. The second kappa shape index (κ2) is 8.61. The van der Waals surface area contributed by atoms with Gasteiger partial charge in [0.1, 0.15) is 0 Å². The highest BCUT2D eigenvalue weighted by atomic mass is 32.1. The summed E-state index contributed by atoms with van der Waals surface area (Å²) in [5.74, 6) is 0. The minimum absolute atomic E-state index is 0.389. The summed E-state index contributed by atoms with van der Waals surface area (Å²) in [4.78, 5) is 2.18. The van der Waals surface area contributed by atoms with Crippen LogP contribution in [0.2, 0.25) is 0 Å². The maximum Gasteiger partial charge on any atom is 0.0922 e. The summed E-state index contributed by atoms with van der Waals surface area (Å²) >= 11 is 1.58. The lowest BCUT2D eigenvalue weighted by molar-refractivity contribution is 0.109. The fourth-order valence-corrected chi connectivity index (χ4v) is 2.52. The van der Waals surface area contributed by atoms with Crippen molar-refractivity contribution in [2.75, 3.05) is 32.7 Å². The summed E-state index contributed by atoms with van der Waals surface area (Å²) < 4.78 is 0. The molecule has 2 atom stereocenters. The van der Waals surface area contributed by atoms with Crippen LogP contribution in [0.25, 0.3) is 0 Å². The number of nitrogens with zero attached hydrogens (tertiary/aromatic N) is 1. The quantitative estimate of drug-likeness (QED) is 0.629. The highest BCUT2D eigenvalue weighted by molar-refractivity contribution is 7.07. The minimum Gasteiger partial charge on any atom is -0.390 e. The lowest BCUT2D eigenvalue weighted by atomic mass is 10.2. The number of hydrogen-bond donors (Lipinski definition) is 3. The number of likely N-dealkylation sites (N-methyl/N-ethyl adjacent to an activating group) is 1. The van der Waals surface area contributed by atoms with Crippen molar-refractivity contribution >= 4 is 11.3 Å². The maximum atomic E-state index is 9.85. The Labute approximate surface area is 113 Å². The molecule has 104 valence electrons. The second-order valence-corrected chi connectivity index (χ2v) is 5.15. The van der Waals surface area contributed by atoms with Crippen LogP contribution >= 0.6 is 11.3 Å². The van der Waals surface area contributed by atoms with Gasteiger partial charge in [-0.15, -0.1) is 0 Å². The standard InChI is InChI=1S/C13H24N2O2S/c1-3-15(4-2)9-12(16)7-14-8-13(17)11-5-6-18-10-11/h5-6,10,12-14,16-17H,3-4,7-9H2,1-2H3. The average molecular weight is 272 g/mol. The molecule has 1 rings (SSSR count). The average Bonchev–Trinajstić information content (AvgIpc) is 2.89. The van der Waals surface area contributed by atoms with E-state index in [2.05, 4.69) is 24.1 Å². The molecule has 0 aliphatic heterocycles. The first-order chi connectivity index (χ1) is 8.67. The Balaban J connectivity index is 2.17. The number of hydrogen-bond acceptors (Lipinski definition) is 5. The largest absolute Gasteiger partial charge is 0.390 e. The van der Waals surface area contributed by atoms with Gasteiger partial charge in [0, 0.05) is 19.6 Å². The van der Waals surface area contributed by atoms with E-state index >= 15 is 0 Å². The molecule has 0 bridgehead atoms. The fourth-order valence-electron chi connectivity index (χ4n) is 1.81. The van der Waals surface area contributed by atoms with Crippen LogP contribution in [0.15, 0.2) is 16.8 Å². The Morgan fingerprint density at radius 1 is 1.28 bits per heavy atom. The van der Waals surface area contributed by atoms with E-state index in [-0.39, 0.29) is 6.10 Å². The van der Waals surface area contributed by atoms with Crippen LogP contribution in [0.5, 0.6) is 0 Å².